The summed E-state index contributed by atoms with van der Waals surface area (Å²) in [5.41, 5.74) is 2.05. The summed E-state index contributed by atoms with van der Waals surface area (Å²) < 4.78 is 1.72. The van der Waals surface area contributed by atoms with Crippen molar-refractivity contribution in [2.24, 2.45) is 0 Å². The van der Waals surface area contributed by atoms with Crippen LogP contribution in [0.1, 0.15) is 22.8 Å². The summed E-state index contributed by atoms with van der Waals surface area (Å²) in [7, 11) is 1.58. The summed E-state index contributed by atoms with van der Waals surface area (Å²) in [6.45, 7) is 3.05. The fourth-order valence-corrected chi connectivity index (χ4v) is 1.93. The van der Waals surface area contributed by atoms with Crippen LogP contribution in [-0.4, -0.2) is 28.8 Å². The molecule has 3 amide bonds. The molecular formula is C15H19N5O2. The number of aromatic nitrogens is 2. The topological polar surface area (TPSA) is 88.0 Å². The fraction of sp³-hybridized carbons (Fsp3) is 0.267. The Labute approximate surface area is 128 Å². The van der Waals surface area contributed by atoms with Gasteiger partial charge in [0, 0.05) is 31.9 Å². The standard InChI is InChI=1S/C15H19N5O2/c1-3-20-10-13(9-18-20)19-15(22)17-8-11-5-4-6-12(7-11)14(21)16-2/h4-7,9-10H,3,8H2,1-2H3,(H,16,21)(H2,17,19,22). The molecule has 0 spiro atoms. The van der Waals surface area contributed by atoms with Crippen LogP contribution in [0.25, 0.3) is 0 Å². The molecule has 116 valence electrons. The number of carbonyl (C=O) groups is 2. The van der Waals surface area contributed by atoms with E-state index in [1.807, 2.05) is 13.0 Å². The number of urea groups is 1. The lowest BCUT2D eigenvalue weighted by Gasteiger charge is -2.07. The largest absolute Gasteiger partial charge is 0.355 e. The van der Waals surface area contributed by atoms with E-state index in [1.54, 1.807) is 42.3 Å². The van der Waals surface area contributed by atoms with Crippen molar-refractivity contribution in [3.8, 4) is 0 Å². The van der Waals surface area contributed by atoms with Gasteiger partial charge in [0.2, 0.25) is 0 Å². The van der Waals surface area contributed by atoms with Gasteiger partial charge in [-0.25, -0.2) is 4.79 Å². The minimum Gasteiger partial charge on any atom is -0.355 e. The summed E-state index contributed by atoms with van der Waals surface area (Å²) in [6.07, 6.45) is 3.35. The van der Waals surface area contributed by atoms with Crippen LogP contribution in [0.15, 0.2) is 36.7 Å². The van der Waals surface area contributed by atoms with Crippen LogP contribution in [0, 0.1) is 0 Å². The van der Waals surface area contributed by atoms with Crippen molar-refractivity contribution in [2.75, 3.05) is 12.4 Å². The predicted octanol–water partition coefficient (Wildman–Crippen LogP) is 1.58. The van der Waals surface area contributed by atoms with Gasteiger partial charge in [-0.1, -0.05) is 12.1 Å². The molecule has 0 saturated heterocycles. The first-order valence-electron chi connectivity index (χ1n) is 7.00. The summed E-state index contributed by atoms with van der Waals surface area (Å²) >= 11 is 0. The van der Waals surface area contributed by atoms with Crippen molar-refractivity contribution in [3.63, 3.8) is 0 Å². The Hall–Kier alpha value is -2.83. The highest BCUT2D eigenvalue weighted by Gasteiger charge is 2.06. The van der Waals surface area contributed by atoms with Gasteiger partial charge in [0.05, 0.1) is 11.9 Å². The molecule has 7 heteroatoms. The third-order valence-corrected chi connectivity index (χ3v) is 3.08. The lowest BCUT2D eigenvalue weighted by atomic mass is 10.1. The molecule has 0 saturated carbocycles. The molecule has 2 aromatic rings. The van der Waals surface area contributed by atoms with E-state index in [1.165, 1.54) is 0 Å². The van der Waals surface area contributed by atoms with E-state index in [4.69, 9.17) is 0 Å². The zero-order valence-electron chi connectivity index (χ0n) is 12.6. The molecule has 1 heterocycles. The van der Waals surface area contributed by atoms with E-state index in [0.717, 1.165) is 12.1 Å². The summed E-state index contributed by atoms with van der Waals surface area (Å²) in [5, 5.41) is 12.1. The second-order valence-corrected chi connectivity index (χ2v) is 4.67. The zero-order chi connectivity index (χ0) is 15.9. The molecule has 2 rings (SSSR count). The maximum absolute atomic E-state index is 11.8. The lowest BCUT2D eigenvalue weighted by molar-refractivity contribution is 0.0963. The first-order valence-corrected chi connectivity index (χ1v) is 7.00. The minimum atomic E-state index is -0.319. The molecule has 0 aliphatic heterocycles. The third-order valence-electron chi connectivity index (χ3n) is 3.08. The average Bonchev–Trinajstić information content (AvgIpc) is 3.00. The molecule has 0 aliphatic rings. The Morgan fingerprint density at radius 1 is 1.32 bits per heavy atom. The number of aryl methyl sites for hydroxylation is 1. The minimum absolute atomic E-state index is 0.154. The normalized spacial score (nSPS) is 10.1. The Bertz CT molecular complexity index is 665. The monoisotopic (exact) mass is 301 g/mol. The number of hydrogen-bond donors (Lipinski definition) is 3. The van der Waals surface area contributed by atoms with Crippen LogP contribution in [-0.2, 0) is 13.1 Å². The number of anilines is 1. The Kier molecular flexibility index (Phi) is 5.13. The maximum atomic E-state index is 11.8. The van der Waals surface area contributed by atoms with Gasteiger partial charge in [0.25, 0.3) is 5.91 Å². The number of nitrogens with one attached hydrogen (secondary N) is 3. The van der Waals surface area contributed by atoms with Crippen molar-refractivity contribution in [1.29, 1.82) is 0 Å². The number of rotatable bonds is 5. The fourth-order valence-electron chi connectivity index (χ4n) is 1.93. The van der Waals surface area contributed by atoms with Gasteiger partial charge >= 0.3 is 6.03 Å². The van der Waals surface area contributed by atoms with Crippen LogP contribution in [0.5, 0.6) is 0 Å². The van der Waals surface area contributed by atoms with Crippen LogP contribution in [0.3, 0.4) is 0 Å². The van der Waals surface area contributed by atoms with E-state index in [0.29, 0.717) is 17.8 Å². The lowest BCUT2D eigenvalue weighted by Crippen LogP contribution is -2.28. The van der Waals surface area contributed by atoms with E-state index < -0.39 is 0 Å². The second kappa shape index (κ2) is 7.26. The first-order chi connectivity index (χ1) is 10.6. The molecule has 0 bridgehead atoms. The number of nitrogens with zero attached hydrogens (tertiary/aromatic N) is 2. The molecule has 0 atom stereocenters. The Morgan fingerprint density at radius 3 is 2.82 bits per heavy atom. The van der Waals surface area contributed by atoms with Gasteiger partial charge in [-0.3, -0.25) is 9.48 Å². The number of amides is 3. The molecule has 22 heavy (non-hydrogen) atoms. The molecule has 1 aromatic carbocycles. The van der Waals surface area contributed by atoms with Gasteiger partial charge in [0.15, 0.2) is 0 Å². The SMILES string of the molecule is CCn1cc(NC(=O)NCc2cccc(C(=O)NC)c2)cn1. The van der Waals surface area contributed by atoms with E-state index in [-0.39, 0.29) is 11.9 Å². The highest BCUT2D eigenvalue weighted by Crippen LogP contribution is 2.06. The number of carbonyl (C=O) groups excluding carboxylic acids is 2. The van der Waals surface area contributed by atoms with Crippen molar-refractivity contribution in [2.45, 2.75) is 20.0 Å². The van der Waals surface area contributed by atoms with Crippen LogP contribution >= 0.6 is 0 Å². The quantitative estimate of drug-likeness (QED) is 0.783. The first kappa shape index (κ1) is 15.6. The van der Waals surface area contributed by atoms with Gasteiger partial charge in [-0.05, 0) is 24.6 Å². The molecule has 0 unspecified atom stereocenters. The van der Waals surface area contributed by atoms with Crippen LogP contribution in [0.4, 0.5) is 10.5 Å². The molecule has 1 aromatic heterocycles. The van der Waals surface area contributed by atoms with Crippen LogP contribution in [0.2, 0.25) is 0 Å². The summed E-state index contributed by atoms with van der Waals surface area (Å²) in [6, 6.07) is 6.78. The highest BCUT2D eigenvalue weighted by molar-refractivity contribution is 5.94. The molecule has 0 fully saturated rings. The third kappa shape index (κ3) is 4.08. The maximum Gasteiger partial charge on any atom is 0.319 e. The number of benzene rings is 1. The molecule has 3 N–H and O–H groups in total. The molecule has 0 radical (unpaired) electrons. The van der Waals surface area contributed by atoms with Crippen LogP contribution < -0.4 is 16.0 Å². The van der Waals surface area contributed by atoms with Crippen molar-refractivity contribution >= 4 is 17.6 Å². The molecule has 7 nitrogen and oxygen atoms in total. The van der Waals surface area contributed by atoms with E-state index in [9.17, 15) is 9.59 Å². The van der Waals surface area contributed by atoms with Gasteiger partial charge in [-0.2, -0.15) is 5.10 Å². The van der Waals surface area contributed by atoms with E-state index >= 15 is 0 Å². The van der Waals surface area contributed by atoms with Gasteiger partial charge < -0.3 is 16.0 Å². The zero-order valence-corrected chi connectivity index (χ0v) is 12.6. The van der Waals surface area contributed by atoms with Crippen molar-refractivity contribution in [3.05, 3.63) is 47.8 Å². The van der Waals surface area contributed by atoms with E-state index in [2.05, 4.69) is 21.0 Å². The summed E-state index contributed by atoms with van der Waals surface area (Å²) in [4.78, 5) is 23.4. The summed E-state index contributed by atoms with van der Waals surface area (Å²) in [5.74, 6) is -0.154. The van der Waals surface area contributed by atoms with Gasteiger partial charge in [-0.15, -0.1) is 0 Å². The smallest absolute Gasteiger partial charge is 0.319 e. The van der Waals surface area contributed by atoms with Crippen molar-refractivity contribution < 1.29 is 9.59 Å². The number of hydrogen-bond acceptors (Lipinski definition) is 3. The average molecular weight is 301 g/mol. The Morgan fingerprint density at radius 2 is 2.14 bits per heavy atom. The highest BCUT2D eigenvalue weighted by atomic mass is 16.2. The van der Waals surface area contributed by atoms with Gasteiger partial charge in [0.1, 0.15) is 0 Å². The molecular weight excluding hydrogens is 282 g/mol. The predicted molar refractivity (Wildman–Crippen MR) is 83.6 cm³/mol. The van der Waals surface area contributed by atoms with Crippen molar-refractivity contribution in [1.82, 2.24) is 20.4 Å². The second-order valence-electron chi connectivity index (χ2n) is 4.67. The Balaban J connectivity index is 1.89. The molecule has 0 aliphatic carbocycles.